The zero-order valence-electron chi connectivity index (χ0n) is 16.1. The molecular weight excluding hydrogens is 394 g/mol. The number of anilines is 1. The van der Waals surface area contributed by atoms with E-state index < -0.39 is 10.0 Å². The number of hydrogen-bond donors (Lipinski definition) is 1. The van der Waals surface area contributed by atoms with Crippen LogP contribution in [0, 0.1) is 5.92 Å². The molecule has 2 heterocycles. The molecule has 0 radical (unpaired) electrons. The van der Waals surface area contributed by atoms with Gasteiger partial charge in [-0.1, -0.05) is 24.3 Å². The fourth-order valence-corrected chi connectivity index (χ4v) is 6.15. The van der Waals surface area contributed by atoms with Crippen molar-refractivity contribution in [3.8, 4) is 0 Å². The van der Waals surface area contributed by atoms with Crippen LogP contribution in [-0.4, -0.2) is 51.4 Å². The van der Waals surface area contributed by atoms with Gasteiger partial charge >= 0.3 is 0 Å². The quantitative estimate of drug-likeness (QED) is 0.712. The van der Waals surface area contributed by atoms with Crippen molar-refractivity contribution in [3.05, 3.63) is 47.8 Å². The van der Waals surface area contributed by atoms with Crippen LogP contribution in [0.3, 0.4) is 0 Å². The zero-order chi connectivity index (χ0) is 20.0. The van der Waals surface area contributed by atoms with E-state index in [-0.39, 0.29) is 18.4 Å². The van der Waals surface area contributed by atoms with Gasteiger partial charge in [-0.3, -0.25) is 4.79 Å². The number of hydrogen-bond acceptors (Lipinski definition) is 5. The molecule has 152 valence electrons. The van der Waals surface area contributed by atoms with Gasteiger partial charge in [0.15, 0.2) is 0 Å². The first-order valence-electron chi connectivity index (χ1n) is 9.63. The molecule has 1 aliphatic heterocycles. The van der Waals surface area contributed by atoms with E-state index in [9.17, 15) is 13.2 Å². The number of nitrogens with zero attached hydrogens (tertiary/aromatic N) is 2. The number of carbonyl (C=O) groups excluding carboxylic acids is 1. The highest BCUT2D eigenvalue weighted by Crippen LogP contribution is 2.26. The molecule has 28 heavy (non-hydrogen) atoms. The molecule has 0 aliphatic carbocycles. The number of piperidine rings is 1. The Labute approximate surface area is 171 Å². The van der Waals surface area contributed by atoms with Gasteiger partial charge in [0.05, 0.1) is 5.92 Å². The Morgan fingerprint density at radius 1 is 1.25 bits per heavy atom. The maximum absolute atomic E-state index is 12.7. The first-order chi connectivity index (χ1) is 13.5. The molecule has 1 atom stereocenters. The van der Waals surface area contributed by atoms with Crippen LogP contribution in [-0.2, 0) is 14.8 Å². The second-order valence-corrected chi connectivity index (χ2v) is 9.95. The molecular formula is C20H27N3O3S2. The third kappa shape index (κ3) is 4.92. The number of amides is 1. The van der Waals surface area contributed by atoms with Crippen LogP contribution in [0.25, 0.3) is 0 Å². The van der Waals surface area contributed by atoms with Crippen LogP contribution in [0.1, 0.15) is 19.8 Å². The first-order valence-corrected chi connectivity index (χ1v) is 12.0. The predicted molar refractivity (Wildman–Crippen MR) is 113 cm³/mol. The second-order valence-electron chi connectivity index (χ2n) is 6.84. The summed E-state index contributed by atoms with van der Waals surface area (Å²) in [5.41, 5.74) is 1.13. The van der Waals surface area contributed by atoms with Gasteiger partial charge in [0.25, 0.3) is 10.0 Å². The van der Waals surface area contributed by atoms with Crippen molar-refractivity contribution >= 4 is 33.0 Å². The van der Waals surface area contributed by atoms with Crippen molar-refractivity contribution in [3.63, 3.8) is 0 Å². The third-order valence-corrected chi connectivity index (χ3v) is 8.27. The Bertz CT molecular complexity index is 854. The van der Waals surface area contributed by atoms with Crippen molar-refractivity contribution < 1.29 is 13.2 Å². The monoisotopic (exact) mass is 421 g/mol. The first kappa shape index (κ1) is 20.8. The summed E-state index contributed by atoms with van der Waals surface area (Å²) in [6, 6.07) is 13.4. The van der Waals surface area contributed by atoms with Crippen molar-refractivity contribution in [1.82, 2.24) is 9.62 Å². The van der Waals surface area contributed by atoms with Gasteiger partial charge in [0, 0.05) is 38.4 Å². The number of para-hydroxylation sites is 1. The van der Waals surface area contributed by atoms with E-state index in [0.717, 1.165) is 25.2 Å². The lowest BCUT2D eigenvalue weighted by Gasteiger charge is -2.31. The van der Waals surface area contributed by atoms with Crippen LogP contribution in [0.4, 0.5) is 5.69 Å². The number of benzene rings is 1. The average molecular weight is 422 g/mol. The minimum absolute atomic E-state index is 0.0600. The minimum Gasteiger partial charge on any atom is -0.370 e. The third-order valence-electron chi connectivity index (χ3n) is 5.03. The smallest absolute Gasteiger partial charge is 0.252 e. The molecule has 2 aromatic rings. The van der Waals surface area contributed by atoms with Crippen LogP contribution >= 0.6 is 11.3 Å². The molecule has 0 bridgehead atoms. The molecule has 8 heteroatoms. The van der Waals surface area contributed by atoms with Gasteiger partial charge in [-0.2, -0.15) is 4.31 Å². The van der Waals surface area contributed by atoms with Gasteiger partial charge < -0.3 is 10.2 Å². The summed E-state index contributed by atoms with van der Waals surface area (Å²) >= 11 is 1.21. The van der Waals surface area contributed by atoms with Gasteiger partial charge in [-0.15, -0.1) is 11.3 Å². The second kappa shape index (κ2) is 9.54. The van der Waals surface area contributed by atoms with Crippen molar-refractivity contribution in [2.75, 3.05) is 37.6 Å². The fourth-order valence-electron chi connectivity index (χ4n) is 3.48. The molecule has 1 fully saturated rings. The summed E-state index contributed by atoms with van der Waals surface area (Å²) in [4.78, 5) is 14.8. The molecule has 0 spiro atoms. The van der Waals surface area contributed by atoms with Gasteiger partial charge in [0.1, 0.15) is 4.21 Å². The van der Waals surface area contributed by atoms with Gasteiger partial charge in [-0.05, 0) is 43.3 Å². The van der Waals surface area contributed by atoms with E-state index in [1.165, 1.54) is 15.6 Å². The van der Waals surface area contributed by atoms with E-state index in [1.807, 2.05) is 18.2 Å². The minimum atomic E-state index is -3.50. The maximum atomic E-state index is 12.7. The maximum Gasteiger partial charge on any atom is 0.252 e. The van der Waals surface area contributed by atoms with Crippen LogP contribution < -0.4 is 10.2 Å². The summed E-state index contributed by atoms with van der Waals surface area (Å²) in [7, 11) is -3.50. The number of likely N-dealkylation sites (N-methyl/N-ethyl adjacent to an activating group) is 1. The van der Waals surface area contributed by atoms with Gasteiger partial charge in [0.2, 0.25) is 5.91 Å². The van der Waals surface area contributed by atoms with E-state index in [2.05, 4.69) is 29.3 Å². The SMILES string of the molecule is CCN(CCNC(=O)[C@@H]1CCCN(S(=O)(=O)c2cccs2)C1)c1ccccc1. The summed E-state index contributed by atoms with van der Waals surface area (Å²) in [5, 5.41) is 4.75. The topological polar surface area (TPSA) is 69.7 Å². The van der Waals surface area contributed by atoms with Crippen molar-refractivity contribution in [2.24, 2.45) is 5.92 Å². The Morgan fingerprint density at radius 3 is 2.71 bits per heavy atom. The average Bonchev–Trinajstić information content (AvgIpc) is 3.28. The van der Waals surface area contributed by atoms with Crippen molar-refractivity contribution in [1.29, 1.82) is 0 Å². The zero-order valence-corrected chi connectivity index (χ0v) is 17.7. The number of sulfonamides is 1. The molecule has 3 rings (SSSR count). The fraction of sp³-hybridized carbons (Fsp3) is 0.450. The predicted octanol–water partition coefficient (Wildman–Crippen LogP) is 2.79. The molecule has 0 unspecified atom stereocenters. The van der Waals surface area contributed by atoms with Crippen molar-refractivity contribution in [2.45, 2.75) is 24.0 Å². The lowest BCUT2D eigenvalue weighted by molar-refractivity contribution is -0.126. The Kier molecular flexibility index (Phi) is 7.09. The standard InChI is InChI=1S/C20H27N3O3S2/c1-2-22(18-9-4-3-5-10-18)14-12-21-20(24)17-8-6-13-23(16-17)28(25,26)19-11-7-15-27-19/h3-5,7,9-11,15,17H,2,6,8,12-14,16H2,1H3,(H,21,24)/t17-/m1/s1. The van der Waals surface area contributed by atoms with E-state index in [1.54, 1.807) is 17.5 Å². The molecule has 1 aliphatic rings. The van der Waals surface area contributed by atoms with Gasteiger partial charge in [-0.25, -0.2) is 8.42 Å². The number of thiophene rings is 1. The van der Waals surface area contributed by atoms with E-state index >= 15 is 0 Å². The molecule has 1 saturated heterocycles. The van der Waals surface area contributed by atoms with E-state index in [4.69, 9.17) is 0 Å². The summed E-state index contributed by atoms with van der Waals surface area (Å²) in [6.07, 6.45) is 1.42. The number of rotatable bonds is 8. The van der Waals surface area contributed by atoms with Crippen LogP contribution in [0.15, 0.2) is 52.1 Å². The summed E-state index contributed by atoms with van der Waals surface area (Å²) in [5.74, 6) is -0.356. The Hall–Kier alpha value is -1.90. The largest absolute Gasteiger partial charge is 0.370 e. The van der Waals surface area contributed by atoms with Crippen LogP contribution in [0.2, 0.25) is 0 Å². The highest BCUT2D eigenvalue weighted by Gasteiger charge is 2.33. The number of carbonyl (C=O) groups is 1. The summed E-state index contributed by atoms with van der Waals surface area (Å²) < 4.78 is 27.2. The molecule has 0 saturated carbocycles. The van der Waals surface area contributed by atoms with E-state index in [0.29, 0.717) is 23.7 Å². The number of nitrogens with one attached hydrogen (secondary N) is 1. The Morgan fingerprint density at radius 2 is 2.04 bits per heavy atom. The molecule has 1 N–H and O–H groups in total. The van der Waals surface area contributed by atoms with Crippen LogP contribution in [0.5, 0.6) is 0 Å². The molecule has 1 aromatic carbocycles. The lowest BCUT2D eigenvalue weighted by atomic mass is 9.99. The lowest BCUT2D eigenvalue weighted by Crippen LogP contribution is -2.46. The highest BCUT2D eigenvalue weighted by molar-refractivity contribution is 7.91. The molecule has 1 aromatic heterocycles. The highest BCUT2D eigenvalue weighted by atomic mass is 32.2. The Balaban J connectivity index is 1.53. The summed E-state index contributed by atoms with van der Waals surface area (Å²) in [6.45, 7) is 4.93. The molecule has 1 amide bonds. The molecule has 6 nitrogen and oxygen atoms in total. The normalized spacial score (nSPS) is 18.0.